The summed E-state index contributed by atoms with van der Waals surface area (Å²) in [7, 11) is 0. The highest BCUT2D eigenvalue weighted by molar-refractivity contribution is 5.86. The summed E-state index contributed by atoms with van der Waals surface area (Å²) in [5.41, 5.74) is 2.15. The second kappa shape index (κ2) is 6.23. The van der Waals surface area contributed by atoms with Crippen LogP contribution in [0, 0.1) is 5.92 Å². The first kappa shape index (κ1) is 16.2. The topological polar surface area (TPSA) is 55.1 Å². The molecular weight excluding hydrogens is 233 g/mol. The summed E-state index contributed by atoms with van der Waals surface area (Å²) in [5, 5.41) is 2.22. The van der Waals surface area contributed by atoms with Gasteiger partial charge in [-0.1, -0.05) is 26.7 Å². The maximum atomic E-state index is 12.4. The van der Waals surface area contributed by atoms with Crippen molar-refractivity contribution >= 4 is 5.91 Å². The lowest BCUT2D eigenvalue weighted by Crippen LogP contribution is -2.61. The minimum atomic E-state index is -4.73. The number of nitrogens with one attached hydrogen (secondary N) is 1. The lowest BCUT2D eigenvalue weighted by molar-refractivity contribution is -0.187. The molecular formula is C11H21F3N2O. The van der Waals surface area contributed by atoms with Crippen LogP contribution in [0.3, 0.4) is 0 Å². The third-order valence-corrected chi connectivity index (χ3v) is 2.55. The average molecular weight is 254 g/mol. The van der Waals surface area contributed by atoms with Crippen molar-refractivity contribution in [2.24, 2.45) is 11.7 Å². The van der Waals surface area contributed by atoms with Gasteiger partial charge in [-0.05, 0) is 19.3 Å². The molecule has 0 saturated carbocycles. The Morgan fingerprint density at radius 3 is 2.24 bits per heavy atom. The standard InChI is InChI=1S/C11H21F3N2O/c1-8(2)6-4-5-7-16-9(17)10(3,15)11(12,13)14/h8H,4-7,15H2,1-3H3,(H,16,17). The van der Waals surface area contributed by atoms with Gasteiger partial charge in [-0.25, -0.2) is 0 Å². The molecule has 17 heavy (non-hydrogen) atoms. The van der Waals surface area contributed by atoms with Gasteiger partial charge in [0.2, 0.25) is 5.91 Å². The Morgan fingerprint density at radius 2 is 1.82 bits per heavy atom. The largest absolute Gasteiger partial charge is 0.415 e. The van der Waals surface area contributed by atoms with Gasteiger partial charge in [0, 0.05) is 6.54 Å². The van der Waals surface area contributed by atoms with Crippen LogP contribution >= 0.6 is 0 Å². The number of carbonyl (C=O) groups excluding carboxylic acids is 1. The average Bonchev–Trinajstić information content (AvgIpc) is 2.14. The molecule has 0 heterocycles. The van der Waals surface area contributed by atoms with Gasteiger partial charge in [-0.15, -0.1) is 0 Å². The predicted octanol–water partition coefficient (Wildman–Crippen LogP) is 2.21. The van der Waals surface area contributed by atoms with Crippen molar-refractivity contribution in [1.82, 2.24) is 5.32 Å². The zero-order valence-corrected chi connectivity index (χ0v) is 10.5. The smallest absolute Gasteiger partial charge is 0.354 e. The zero-order valence-electron chi connectivity index (χ0n) is 10.5. The molecule has 3 nitrogen and oxygen atoms in total. The molecule has 0 aliphatic heterocycles. The van der Waals surface area contributed by atoms with Crippen LogP contribution in [0.1, 0.15) is 40.0 Å². The van der Waals surface area contributed by atoms with E-state index in [0.29, 0.717) is 19.3 Å². The van der Waals surface area contributed by atoms with E-state index in [0.717, 1.165) is 12.8 Å². The third-order valence-electron chi connectivity index (χ3n) is 2.55. The molecule has 102 valence electrons. The Morgan fingerprint density at radius 1 is 1.29 bits per heavy atom. The van der Waals surface area contributed by atoms with Crippen LogP contribution in [0.4, 0.5) is 13.2 Å². The van der Waals surface area contributed by atoms with Crippen molar-refractivity contribution in [2.45, 2.75) is 51.7 Å². The van der Waals surface area contributed by atoms with Crippen LogP contribution in [0.15, 0.2) is 0 Å². The highest BCUT2D eigenvalue weighted by Crippen LogP contribution is 2.27. The van der Waals surface area contributed by atoms with Crippen molar-refractivity contribution in [3.8, 4) is 0 Å². The third kappa shape index (κ3) is 5.39. The van der Waals surface area contributed by atoms with Gasteiger partial charge >= 0.3 is 6.18 Å². The molecule has 3 N–H and O–H groups in total. The molecule has 1 amide bonds. The van der Waals surface area contributed by atoms with Crippen LogP contribution in [0.5, 0.6) is 0 Å². The van der Waals surface area contributed by atoms with Crippen molar-refractivity contribution in [1.29, 1.82) is 0 Å². The molecule has 0 aliphatic carbocycles. The first-order valence-corrected chi connectivity index (χ1v) is 5.73. The number of unbranched alkanes of at least 4 members (excludes halogenated alkanes) is 1. The number of nitrogens with two attached hydrogens (primary N) is 1. The second-order valence-corrected chi connectivity index (χ2v) is 4.85. The molecule has 0 fully saturated rings. The summed E-state index contributed by atoms with van der Waals surface area (Å²) in [5.74, 6) is -0.616. The van der Waals surface area contributed by atoms with Gasteiger partial charge in [0.15, 0.2) is 5.54 Å². The van der Waals surface area contributed by atoms with Gasteiger partial charge in [0.25, 0.3) is 0 Å². The van der Waals surface area contributed by atoms with E-state index in [1.54, 1.807) is 0 Å². The van der Waals surface area contributed by atoms with Crippen molar-refractivity contribution in [3.63, 3.8) is 0 Å². The summed E-state index contributed by atoms with van der Waals surface area (Å²) in [6.07, 6.45) is -2.19. The lowest BCUT2D eigenvalue weighted by atomic mass is 10.0. The fourth-order valence-electron chi connectivity index (χ4n) is 1.19. The molecule has 0 aromatic rings. The maximum Gasteiger partial charge on any atom is 0.415 e. The minimum absolute atomic E-state index is 0.231. The number of rotatable bonds is 6. The predicted molar refractivity (Wildman–Crippen MR) is 60.3 cm³/mol. The molecule has 0 aromatic heterocycles. The van der Waals surface area contributed by atoms with Crippen LogP contribution in [-0.4, -0.2) is 24.2 Å². The first-order valence-electron chi connectivity index (χ1n) is 5.73. The number of hydrogen-bond donors (Lipinski definition) is 2. The van der Waals surface area contributed by atoms with Gasteiger partial charge < -0.3 is 11.1 Å². The number of halogens is 3. The molecule has 0 saturated heterocycles. The van der Waals surface area contributed by atoms with Gasteiger partial charge in [-0.3, -0.25) is 4.79 Å². The molecule has 0 aromatic carbocycles. The molecule has 0 aliphatic rings. The van der Waals surface area contributed by atoms with E-state index < -0.39 is 17.6 Å². The van der Waals surface area contributed by atoms with Crippen LogP contribution in [0.25, 0.3) is 0 Å². The molecule has 1 unspecified atom stereocenters. The van der Waals surface area contributed by atoms with E-state index in [-0.39, 0.29) is 6.54 Å². The summed E-state index contributed by atoms with van der Waals surface area (Å²) in [4.78, 5) is 11.3. The Kier molecular flexibility index (Phi) is 5.95. The monoisotopic (exact) mass is 254 g/mol. The van der Waals surface area contributed by atoms with Crippen LogP contribution in [0.2, 0.25) is 0 Å². The maximum absolute atomic E-state index is 12.4. The molecule has 0 spiro atoms. The zero-order chi connectivity index (χ0) is 13.7. The summed E-state index contributed by atoms with van der Waals surface area (Å²) in [6.45, 7) is 5.04. The van der Waals surface area contributed by atoms with Crippen molar-refractivity contribution < 1.29 is 18.0 Å². The molecule has 6 heteroatoms. The van der Waals surface area contributed by atoms with Crippen LogP contribution in [-0.2, 0) is 4.79 Å². The van der Waals surface area contributed by atoms with Crippen molar-refractivity contribution in [3.05, 3.63) is 0 Å². The SMILES string of the molecule is CC(C)CCCCNC(=O)C(C)(N)C(F)(F)F. The Labute approximate surface area is 99.9 Å². The van der Waals surface area contributed by atoms with E-state index in [2.05, 4.69) is 19.2 Å². The number of hydrogen-bond acceptors (Lipinski definition) is 2. The van der Waals surface area contributed by atoms with Gasteiger partial charge in [0.05, 0.1) is 0 Å². The van der Waals surface area contributed by atoms with E-state index in [4.69, 9.17) is 5.73 Å². The second-order valence-electron chi connectivity index (χ2n) is 4.85. The van der Waals surface area contributed by atoms with Crippen LogP contribution < -0.4 is 11.1 Å². The lowest BCUT2D eigenvalue weighted by Gasteiger charge is -2.26. The number of alkyl halides is 3. The summed E-state index contributed by atoms with van der Waals surface area (Å²) in [6, 6.07) is 0. The van der Waals surface area contributed by atoms with E-state index in [9.17, 15) is 18.0 Å². The first-order chi connectivity index (χ1) is 7.59. The fourth-order valence-corrected chi connectivity index (χ4v) is 1.19. The Bertz CT molecular complexity index is 250. The Balaban J connectivity index is 3.95. The molecule has 0 radical (unpaired) electrons. The van der Waals surface area contributed by atoms with Crippen molar-refractivity contribution in [2.75, 3.05) is 6.54 Å². The number of carbonyl (C=O) groups is 1. The van der Waals surface area contributed by atoms with E-state index in [1.807, 2.05) is 0 Å². The molecule has 0 bridgehead atoms. The summed E-state index contributed by atoms with van der Waals surface area (Å²) < 4.78 is 37.1. The molecule has 0 rings (SSSR count). The Hall–Kier alpha value is -0.780. The minimum Gasteiger partial charge on any atom is -0.354 e. The van der Waals surface area contributed by atoms with Gasteiger partial charge in [0.1, 0.15) is 0 Å². The highest BCUT2D eigenvalue weighted by atomic mass is 19.4. The van der Waals surface area contributed by atoms with E-state index in [1.165, 1.54) is 0 Å². The molecule has 1 atom stereocenters. The summed E-state index contributed by atoms with van der Waals surface area (Å²) >= 11 is 0. The van der Waals surface area contributed by atoms with Gasteiger partial charge in [-0.2, -0.15) is 13.2 Å². The quantitative estimate of drug-likeness (QED) is 0.714. The highest BCUT2D eigenvalue weighted by Gasteiger charge is 2.53. The number of amides is 1. The normalized spacial score (nSPS) is 15.8. The van der Waals surface area contributed by atoms with E-state index >= 15 is 0 Å². The fraction of sp³-hybridized carbons (Fsp3) is 0.909.